The molecule has 1 saturated carbocycles. The first-order valence-electron chi connectivity index (χ1n) is 11.9. The van der Waals surface area contributed by atoms with Crippen molar-refractivity contribution < 1.29 is 14.7 Å². The smallest absolute Gasteiger partial charge is 0.318 e. The van der Waals surface area contributed by atoms with E-state index in [1.165, 1.54) is 0 Å². The molecule has 1 aliphatic carbocycles. The first-order valence-corrected chi connectivity index (χ1v) is 11.9. The molecule has 3 amide bonds. The van der Waals surface area contributed by atoms with Crippen LogP contribution in [0.25, 0.3) is 12.2 Å². The Bertz CT molecular complexity index is 1010. The molecule has 3 atom stereocenters. The Morgan fingerprint density at radius 2 is 1.67 bits per heavy atom. The summed E-state index contributed by atoms with van der Waals surface area (Å²) in [5.41, 5.74) is 3.34. The van der Waals surface area contributed by atoms with Gasteiger partial charge in [0.15, 0.2) is 0 Å². The zero-order chi connectivity index (χ0) is 22.8. The molecule has 0 spiro atoms. The monoisotopic (exact) mass is 445 g/mol. The van der Waals surface area contributed by atoms with Crippen LogP contribution in [0.4, 0.5) is 4.79 Å². The van der Waals surface area contributed by atoms with E-state index < -0.39 is 0 Å². The van der Waals surface area contributed by atoms with Crippen molar-refractivity contribution in [2.75, 3.05) is 19.7 Å². The van der Waals surface area contributed by atoms with Crippen LogP contribution in [0.3, 0.4) is 0 Å². The Kier molecular flexibility index (Phi) is 6.18. The zero-order valence-electron chi connectivity index (χ0n) is 18.8. The number of aliphatic hydroxyl groups is 1. The lowest BCUT2D eigenvalue weighted by molar-refractivity contribution is -0.159. The van der Waals surface area contributed by atoms with E-state index >= 15 is 0 Å². The molecule has 0 bridgehead atoms. The third kappa shape index (κ3) is 4.40. The second-order valence-electron chi connectivity index (χ2n) is 9.37. The van der Waals surface area contributed by atoms with Gasteiger partial charge in [0.2, 0.25) is 5.91 Å². The minimum Gasteiger partial charge on any atom is -0.394 e. The molecule has 2 heterocycles. The molecule has 3 fully saturated rings. The summed E-state index contributed by atoms with van der Waals surface area (Å²) in [4.78, 5) is 29.0. The summed E-state index contributed by atoms with van der Waals surface area (Å²) < 4.78 is 0. The first-order chi connectivity index (χ1) is 16.1. The maximum atomic E-state index is 12.8. The Hall–Kier alpha value is -3.12. The summed E-state index contributed by atoms with van der Waals surface area (Å²) in [6, 6.07) is 18.2. The molecule has 2 N–H and O–H groups in total. The molecule has 172 valence electrons. The van der Waals surface area contributed by atoms with Gasteiger partial charge in [0.1, 0.15) is 6.54 Å². The number of nitrogens with one attached hydrogen (secondary N) is 1. The lowest BCUT2D eigenvalue weighted by atomic mass is 9.73. The van der Waals surface area contributed by atoms with Crippen LogP contribution in [0.5, 0.6) is 0 Å². The highest BCUT2D eigenvalue weighted by atomic mass is 16.3. The number of carbonyl (C=O) groups is 2. The molecule has 6 heteroatoms. The fourth-order valence-electron chi connectivity index (χ4n) is 5.58. The number of aliphatic hydroxyl groups excluding tert-OH is 1. The van der Waals surface area contributed by atoms with E-state index in [1.807, 2.05) is 18.2 Å². The largest absolute Gasteiger partial charge is 0.394 e. The molecule has 6 nitrogen and oxygen atoms in total. The summed E-state index contributed by atoms with van der Waals surface area (Å²) in [6.45, 7) is 0.513. The standard InChI is InChI=1S/C27H31N3O3/c31-18-24-26(21-14-12-20(13-15-21)11-10-19-6-2-1-3-7-19)23-16-29(17-25(32)30(23)24)27(33)28-22-8-4-5-9-22/h1-3,6-7,10-15,22-24,26,31H,4-5,8-9,16-18H2,(H,28,33)/b11-10+/t23-,24-,26+/m1/s1. The van der Waals surface area contributed by atoms with Crippen LogP contribution < -0.4 is 5.32 Å². The number of nitrogens with zero attached hydrogens (tertiary/aromatic N) is 2. The number of urea groups is 1. The van der Waals surface area contributed by atoms with Crippen LogP contribution in [-0.2, 0) is 4.79 Å². The third-order valence-corrected chi connectivity index (χ3v) is 7.31. The summed E-state index contributed by atoms with van der Waals surface area (Å²) in [5.74, 6) is -0.0567. The number of hydrogen-bond acceptors (Lipinski definition) is 3. The molecule has 5 rings (SSSR count). The fourth-order valence-corrected chi connectivity index (χ4v) is 5.58. The second-order valence-corrected chi connectivity index (χ2v) is 9.37. The predicted molar refractivity (Wildman–Crippen MR) is 128 cm³/mol. The van der Waals surface area contributed by atoms with Gasteiger partial charge in [0.05, 0.1) is 18.7 Å². The molecule has 0 unspecified atom stereocenters. The highest BCUT2D eigenvalue weighted by molar-refractivity contribution is 5.87. The van der Waals surface area contributed by atoms with E-state index in [1.54, 1.807) is 9.80 Å². The van der Waals surface area contributed by atoms with Crippen molar-refractivity contribution in [3.8, 4) is 0 Å². The number of rotatable bonds is 5. The van der Waals surface area contributed by atoms with E-state index in [-0.39, 0.29) is 49.1 Å². The summed E-state index contributed by atoms with van der Waals surface area (Å²) in [7, 11) is 0. The van der Waals surface area contributed by atoms with Crippen molar-refractivity contribution in [2.45, 2.75) is 49.7 Å². The number of hydrogen-bond donors (Lipinski definition) is 2. The lowest BCUT2D eigenvalue weighted by Crippen LogP contribution is -2.74. The highest BCUT2D eigenvalue weighted by Gasteiger charge is 2.54. The van der Waals surface area contributed by atoms with Crippen LogP contribution in [-0.4, -0.2) is 64.7 Å². The predicted octanol–water partition coefficient (Wildman–Crippen LogP) is 3.48. The summed E-state index contributed by atoms with van der Waals surface area (Å²) in [6.07, 6.45) is 8.49. The molecular formula is C27H31N3O3. The zero-order valence-corrected chi connectivity index (χ0v) is 18.8. The molecule has 2 saturated heterocycles. The highest BCUT2D eigenvalue weighted by Crippen LogP contribution is 2.43. The van der Waals surface area contributed by atoms with Gasteiger partial charge in [-0.3, -0.25) is 4.79 Å². The topological polar surface area (TPSA) is 72.9 Å². The number of fused-ring (bicyclic) bond motifs is 1. The van der Waals surface area contributed by atoms with Crippen molar-refractivity contribution in [1.82, 2.24) is 15.1 Å². The molecule has 3 aliphatic rings. The number of benzene rings is 2. The lowest BCUT2D eigenvalue weighted by Gasteiger charge is -2.58. The van der Waals surface area contributed by atoms with Crippen LogP contribution in [0.1, 0.15) is 48.3 Å². The van der Waals surface area contributed by atoms with Gasteiger partial charge in [-0.25, -0.2) is 4.79 Å². The maximum Gasteiger partial charge on any atom is 0.318 e. The van der Waals surface area contributed by atoms with Gasteiger partial charge >= 0.3 is 6.03 Å². The molecule has 0 aromatic heterocycles. The van der Waals surface area contributed by atoms with E-state index in [2.05, 4.69) is 53.9 Å². The molecule has 0 radical (unpaired) electrons. The van der Waals surface area contributed by atoms with Crippen molar-refractivity contribution in [2.24, 2.45) is 0 Å². The fraction of sp³-hybridized carbons (Fsp3) is 0.407. The van der Waals surface area contributed by atoms with Crippen LogP contribution in [0.2, 0.25) is 0 Å². The normalized spacial score (nSPS) is 25.2. The Morgan fingerprint density at radius 1 is 1.00 bits per heavy atom. The Morgan fingerprint density at radius 3 is 2.33 bits per heavy atom. The Balaban J connectivity index is 1.28. The first kappa shape index (κ1) is 21.7. The molecule has 33 heavy (non-hydrogen) atoms. The third-order valence-electron chi connectivity index (χ3n) is 7.31. The van der Waals surface area contributed by atoms with Gasteiger partial charge in [-0.1, -0.05) is 79.6 Å². The second kappa shape index (κ2) is 9.40. The SMILES string of the molecule is O=C(NC1CCCC1)N1CC(=O)N2[C@H](CO)[C@@H](c3ccc(/C=C/c4ccccc4)cc3)[C@H]2C1. The average Bonchev–Trinajstić information content (AvgIpc) is 3.33. The minimum absolute atomic E-state index is 0.0215. The van der Waals surface area contributed by atoms with Gasteiger partial charge in [0.25, 0.3) is 0 Å². The van der Waals surface area contributed by atoms with Gasteiger partial charge in [-0.05, 0) is 29.5 Å². The minimum atomic E-state index is -0.228. The van der Waals surface area contributed by atoms with E-state index in [9.17, 15) is 14.7 Å². The van der Waals surface area contributed by atoms with E-state index in [4.69, 9.17) is 0 Å². The average molecular weight is 446 g/mol. The molecule has 2 aromatic rings. The molecule has 2 aliphatic heterocycles. The van der Waals surface area contributed by atoms with Gasteiger partial charge in [0, 0.05) is 18.5 Å². The quantitative estimate of drug-likeness (QED) is 0.692. The van der Waals surface area contributed by atoms with Crippen LogP contribution >= 0.6 is 0 Å². The van der Waals surface area contributed by atoms with Crippen LogP contribution in [0.15, 0.2) is 54.6 Å². The maximum absolute atomic E-state index is 12.8. The Labute approximate surface area is 194 Å². The van der Waals surface area contributed by atoms with Crippen molar-refractivity contribution in [3.63, 3.8) is 0 Å². The molecule has 2 aromatic carbocycles. The number of amides is 3. The number of carbonyl (C=O) groups excluding carboxylic acids is 2. The summed E-state index contributed by atoms with van der Waals surface area (Å²) >= 11 is 0. The van der Waals surface area contributed by atoms with Gasteiger partial charge < -0.3 is 20.2 Å². The molecular weight excluding hydrogens is 414 g/mol. The van der Waals surface area contributed by atoms with Crippen molar-refractivity contribution >= 4 is 24.1 Å². The number of piperazine rings is 1. The van der Waals surface area contributed by atoms with Gasteiger partial charge in [-0.2, -0.15) is 0 Å². The van der Waals surface area contributed by atoms with Crippen molar-refractivity contribution in [1.29, 1.82) is 0 Å². The van der Waals surface area contributed by atoms with Gasteiger partial charge in [-0.15, -0.1) is 0 Å². The van der Waals surface area contributed by atoms with Crippen molar-refractivity contribution in [3.05, 3.63) is 71.3 Å². The van der Waals surface area contributed by atoms with E-state index in [0.717, 1.165) is 42.4 Å². The summed E-state index contributed by atoms with van der Waals surface area (Å²) in [5, 5.41) is 13.1. The van der Waals surface area contributed by atoms with Crippen LogP contribution in [0, 0.1) is 0 Å². The van der Waals surface area contributed by atoms with E-state index in [0.29, 0.717) is 6.54 Å².